The predicted octanol–water partition coefficient (Wildman–Crippen LogP) is 4.11. The number of benzene rings is 1. The molecule has 0 atom stereocenters. The van der Waals surface area contributed by atoms with E-state index in [1.807, 2.05) is 52.2 Å². The molecule has 0 aliphatic rings. The molecule has 0 spiro atoms. The molecule has 0 aliphatic heterocycles. The van der Waals surface area contributed by atoms with Crippen molar-refractivity contribution < 1.29 is 0 Å². The molecule has 0 bridgehead atoms. The van der Waals surface area contributed by atoms with Gasteiger partial charge in [0.15, 0.2) is 0 Å². The first-order valence-electron chi connectivity index (χ1n) is 5.81. The van der Waals surface area contributed by atoms with Crippen molar-refractivity contribution >= 4 is 11.0 Å². The van der Waals surface area contributed by atoms with Crippen molar-refractivity contribution in [3.05, 3.63) is 30.6 Å². The number of para-hydroxylation sites is 2. The van der Waals surface area contributed by atoms with Crippen molar-refractivity contribution in [2.45, 2.75) is 41.2 Å². The van der Waals surface area contributed by atoms with Crippen molar-refractivity contribution in [3.8, 4) is 0 Å². The molecular formula is C13H22N2. The van der Waals surface area contributed by atoms with Crippen molar-refractivity contribution in [3.63, 3.8) is 0 Å². The summed E-state index contributed by atoms with van der Waals surface area (Å²) in [5.74, 6) is 0. The number of nitrogens with zero attached hydrogens (tertiary/aromatic N) is 2. The Morgan fingerprint density at radius 2 is 1.67 bits per heavy atom. The molecule has 15 heavy (non-hydrogen) atoms. The minimum atomic E-state index is 0.987. The van der Waals surface area contributed by atoms with Gasteiger partial charge in [0.05, 0.1) is 17.4 Å². The third-order valence-corrected chi connectivity index (χ3v) is 1.87. The summed E-state index contributed by atoms with van der Waals surface area (Å²) >= 11 is 0. The summed E-state index contributed by atoms with van der Waals surface area (Å²) in [7, 11) is 0. The van der Waals surface area contributed by atoms with Crippen LogP contribution in [0.1, 0.15) is 34.6 Å². The SMILES string of the molecule is CC.CC.CCn1cnc2ccccc21. The molecule has 0 N–H and O–H groups in total. The fourth-order valence-corrected chi connectivity index (χ4v) is 1.26. The summed E-state index contributed by atoms with van der Waals surface area (Å²) in [6.07, 6.45) is 1.88. The van der Waals surface area contributed by atoms with Crippen LogP contribution in [-0.4, -0.2) is 9.55 Å². The van der Waals surface area contributed by atoms with Gasteiger partial charge in [-0.15, -0.1) is 0 Å². The number of hydrogen-bond acceptors (Lipinski definition) is 1. The van der Waals surface area contributed by atoms with Gasteiger partial charge >= 0.3 is 0 Å². The lowest BCUT2D eigenvalue weighted by atomic mass is 10.3. The molecule has 2 rings (SSSR count). The molecule has 0 saturated heterocycles. The average Bonchev–Trinajstić information content (AvgIpc) is 2.77. The van der Waals surface area contributed by atoms with Crippen LogP contribution in [-0.2, 0) is 6.54 Å². The molecule has 84 valence electrons. The van der Waals surface area contributed by atoms with Crippen molar-refractivity contribution in [2.75, 3.05) is 0 Å². The van der Waals surface area contributed by atoms with E-state index in [9.17, 15) is 0 Å². The Balaban J connectivity index is 0.000000442. The Labute approximate surface area is 93.0 Å². The molecule has 0 radical (unpaired) electrons. The van der Waals surface area contributed by atoms with Gasteiger partial charge < -0.3 is 4.57 Å². The van der Waals surface area contributed by atoms with Gasteiger partial charge in [-0.3, -0.25) is 0 Å². The van der Waals surface area contributed by atoms with Crippen LogP contribution in [0.2, 0.25) is 0 Å². The summed E-state index contributed by atoms with van der Waals surface area (Å²) in [4.78, 5) is 4.25. The largest absolute Gasteiger partial charge is 0.331 e. The predicted molar refractivity (Wildman–Crippen MR) is 68.1 cm³/mol. The van der Waals surface area contributed by atoms with Crippen LogP contribution < -0.4 is 0 Å². The Morgan fingerprint density at radius 1 is 1.07 bits per heavy atom. The van der Waals surface area contributed by atoms with Gasteiger partial charge in [0.1, 0.15) is 0 Å². The highest BCUT2D eigenvalue weighted by Gasteiger charge is 1.96. The van der Waals surface area contributed by atoms with Crippen molar-refractivity contribution in [2.24, 2.45) is 0 Å². The van der Waals surface area contributed by atoms with E-state index >= 15 is 0 Å². The normalized spacial score (nSPS) is 8.60. The van der Waals surface area contributed by atoms with E-state index in [-0.39, 0.29) is 0 Å². The van der Waals surface area contributed by atoms with Crippen LogP contribution in [0, 0.1) is 0 Å². The van der Waals surface area contributed by atoms with Gasteiger partial charge in [0.2, 0.25) is 0 Å². The summed E-state index contributed by atoms with van der Waals surface area (Å²) in [5, 5.41) is 0. The molecule has 1 aromatic carbocycles. The molecule has 2 nitrogen and oxygen atoms in total. The Kier molecular flexibility index (Phi) is 7.33. The Hall–Kier alpha value is -1.31. The molecule has 0 fully saturated rings. The summed E-state index contributed by atoms with van der Waals surface area (Å²) in [5.41, 5.74) is 2.30. The smallest absolute Gasteiger partial charge is 0.0958 e. The van der Waals surface area contributed by atoms with E-state index in [0.717, 1.165) is 12.1 Å². The highest BCUT2D eigenvalue weighted by Crippen LogP contribution is 2.10. The zero-order valence-electron chi connectivity index (χ0n) is 10.5. The molecule has 2 heteroatoms. The summed E-state index contributed by atoms with van der Waals surface area (Å²) in [6.45, 7) is 11.1. The van der Waals surface area contributed by atoms with Crippen molar-refractivity contribution in [1.82, 2.24) is 9.55 Å². The van der Waals surface area contributed by atoms with Gasteiger partial charge in [-0.2, -0.15) is 0 Å². The van der Waals surface area contributed by atoms with Gasteiger partial charge in [-0.1, -0.05) is 39.8 Å². The monoisotopic (exact) mass is 206 g/mol. The van der Waals surface area contributed by atoms with Crippen LogP contribution in [0.25, 0.3) is 11.0 Å². The fraction of sp³-hybridized carbons (Fsp3) is 0.462. The lowest BCUT2D eigenvalue weighted by molar-refractivity contribution is 0.787. The van der Waals surface area contributed by atoms with Crippen molar-refractivity contribution in [1.29, 1.82) is 0 Å². The molecule has 2 aromatic rings. The minimum Gasteiger partial charge on any atom is -0.331 e. The van der Waals surface area contributed by atoms with E-state index in [4.69, 9.17) is 0 Å². The minimum absolute atomic E-state index is 0.987. The summed E-state index contributed by atoms with van der Waals surface area (Å²) < 4.78 is 2.13. The van der Waals surface area contributed by atoms with E-state index in [1.54, 1.807) is 0 Å². The molecule has 0 unspecified atom stereocenters. The van der Waals surface area contributed by atoms with Crippen LogP contribution in [0.5, 0.6) is 0 Å². The standard InChI is InChI=1S/C9H10N2.2C2H6/c1-2-11-7-10-8-5-3-4-6-9(8)11;2*1-2/h3-7H,2H2,1H3;2*1-2H3. The van der Waals surface area contributed by atoms with Gasteiger partial charge in [0, 0.05) is 6.54 Å². The van der Waals surface area contributed by atoms with Gasteiger partial charge in [0.25, 0.3) is 0 Å². The zero-order valence-corrected chi connectivity index (χ0v) is 10.5. The number of hydrogen-bond donors (Lipinski definition) is 0. The van der Waals surface area contributed by atoms with Crippen LogP contribution in [0.15, 0.2) is 30.6 Å². The Bertz CT molecular complexity index is 363. The molecular weight excluding hydrogens is 184 g/mol. The highest BCUT2D eigenvalue weighted by atomic mass is 15.0. The van der Waals surface area contributed by atoms with E-state index < -0.39 is 0 Å². The third-order valence-electron chi connectivity index (χ3n) is 1.87. The molecule has 0 saturated carbocycles. The van der Waals surface area contributed by atoms with E-state index in [2.05, 4.69) is 22.5 Å². The first-order chi connectivity index (χ1) is 7.42. The molecule has 0 aliphatic carbocycles. The maximum absolute atomic E-state index is 4.25. The number of imidazole rings is 1. The van der Waals surface area contributed by atoms with E-state index in [1.165, 1.54) is 5.52 Å². The average molecular weight is 206 g/mol. The molecule has 1 heterocycles. The second-order valence-electron chi connectivity index (χ2n) is 2.52. The first kappa shape index (κ1) is 13.7. The Morgan fingerprint density at radius 3 is 2.27 bits per heavy atom. The first-order valence-corrected chi connectivity index (χ1v) is 5.81. The van der Waals surface area contributed by atoms with Gasteiger partial charge in [-0.25, -0.2) is 4.98 Å². The number of rotatable bonds is 1. The molecule has 1 aromatic heterocycles. The van der Waals surface area contributed by atoms with Crippen LogP contribution >= 0.6 is 0 Å². The van der Waals surface area contributed by atoms with Gasteiger partial charge in [-0.05, 0) is 19.1 Å². The number of fused-ring (bicyclic) bond motifs is 1. The summed E-state index contributed by atoms with van der Waals surface area (Å²) in [6, 6.07) is 8.17. The zero-order chi connectivity index (χ0) is 11.7. The lowest BCUT2D eigenvalue weighted by Crippen LogP contribution is -1.89. The maximum Gasteiger partial charge on any atom is 0.0958 e. The maximum atomic E-state index is 4.25. The third kappa shape index (κ3) is 3.39. The lowest BCUT2D eigenvalue weighted by Gasteiger charge is -1.95. The van der Waals surface area contributed by atoms with Crippen LogP contribution in [0.4, 0.5) is 0 Å². The highest BCUT2D eigenvalue weighted by molar-refractivity contribution is 5.74. The van der Waals surface area contributed by atoms with Crippen LogP contribution in [0.3, 0.4) is 0 Å². The fourth-order valence-electron chi connectivity index (χ4n) is 1.26. The quantitative estimate of drug-likeness (QED) is 0.686. The second-order valence-corrected chi connectivity index (χ2v) is 2.52. The number of aryl methyl sites for hydroxylation is 1. The molecule has 0 amide bonds. The van der Waals surface area contributed by atoms with E-state index in [0.29, 0.717) is 0 Å². The number of aromatic nitrogens is 2. The topological polar surface area (TPSA) is 17.8 Å². The second kappa shape index (κ2) is 8.04.